The third kappa shape index (κ3) is 1.71. The van der Waals surface area contributed by atoms with Crippen molar-refractivity contribution in [1.29, 1.82) is 0 Å². The minimum absolute atomic E-state index is 0.195. The van der Waals surface area contributed by atoms with E-state index in [1.807, 2.05) is 24.3 Å². The third-order valence-electron chi connectivity index (χ3n) is 3.00. The van der Waals surface area contributed by atoms with E-state index in [4.69, 9.17) is 11.6 Å². The summed E-state index contributed by atoms with van der Waals surface area (Å²) in [5.74, 6) is 0.843. The normalized spacial score (nSPS) is 17.4. The maximum absolute atomic E-state index is 5.91. The average molecular weight is 234 g/mol. The lowest BCUT2D eigenvalue weighted by atomic mass is 10.2. The molecule has 16 heavy (non-hydrogen) atoms. The molecular formula is C12H12ClN3. The van der Waals surface area contributed by atoms with E-state index in [1.54, 1.807) is 0 Å². The topological polar surface area (TPSA) is 37.8 Å². The molecule has 1 heterocycles. The van der Waals surface area contributed by atoms with E-state index in [-0.39, 0.29) is 5.54 Å². The lowest BCUT2D eigenvalue weighted by Crippen LogP contribution is -2.17. The number of nitrogens with one attached hydrogen (secondary N) is 1. The van der Waals surface area contributed by atoms with Gasteiger partial charge in [0.25, 0.3) is 0 Å². The molecule has 1 aromatic carbocycles. The zero-order valence-corrected chi connectivity index (χ0v) is 9.75. The van der Waals surface area contributed by atoms with Crippen LogP contribution in [0, 0.1) is 0 Å². The molecule has 1 N–H and O–H groups in total. The summed E-state index contributed by atoms with van der Waals surface area (Å²) in [4.78, 5) is 8.47. The number of nitrogens with zero attached hydrogens (tertiary/aromatic N) is 2. The van der Waals surface area contributed by atoms with Crippen molar-refractivity contribution in [3.8, 4) is 0 Å². The number of hydrogen-bond donors (Lipinski definition) is 1. The summed E-state index contributed by atoms with van der Waals surface area (Å²) in [6.45, 7) is 2.19. The van der Waals surface area contributed by atoms with E-state index in [1.165, 1.54) is 12.8 Å². The van der Waals surface area contributed by atoms with Crippen molar-refractivity contribution in [2.45, 2.75) is 25.3 Å². The Balaban J connectivity index is 2.14. The predicted molar refractivity (Wildman–Crippen MR) is 65.8 cm³/mol. The van der Waals surface area contributed by atoms with Crippen molar-refractivity contribution >= 4 is 28.3 Å². The average Bonchev–Trinajstić information content (AvgIpc) is 2.96. The van der Waals surface area contributed by atoms with Crippen LogP contribution in [0.25, 0.3) is 10.9 Å². The standard InChI is InChI=1S/C12H12ClN3/c1-12(6-7-12)16-10-8-4-2-3-5-9(8)14-11(13)15-10/h2-5H,6-7H2,1H3,(H,14,15,16). The number of hydrogen-bond acceptors (Lipinski definition) is 3. The van der Waals surface area contributed by atoms with E-state index >= 15 is 0 Å². The molecule has 1 saturated carbocycles. The predicted octanol–water partition coefficient (Wildman–Crippen LogP) is 3.25. The molecule has 3 nitrogen and oxygen atoms in total. The summed E-state index contributed by atoms with van der Waals surface area (Å²) < 4.78 is 0. The van der Waals surface area contributed by atoms with E-state index in [9.17, 15) is 0 Å². The molecule has 0 amide bonds. The highest BCUT2D eigenvalue weighted by atomic mass is 35.5. The Morgan fingerprint density at radius 3 is 2.75 bits per heavy atom. The summed E-state index contributed by atoms with van der Waals surface area (Å²) >= 11 is 5.91. The van der Waals surface area contributed by atoms with Crippen LogP contribution in [-0.2, 0) is 0 Å². The molecular weight excluding hydrogens is 222 g/mol. The zero-order chi connectivity index (χ0) is 11.2. The number of benzene rings is 1. The van der Waals surface area contributed by atoms with Gasteiger partial charge in [0.15, 0.2) is 0 Å². The van der Waals surface area contributed by atoms with Gasteiger partial charge in [-0.1, -0.05) is 12.1 Å². The van der Waals surface area contributed by atoms with Crippen molar-refractivity contribution < 1.29 is 0 Å². The Labute approximate surface area is 98.9 Å². The molecule has 0 atom stereocenters. The van der Waals surface area contributed by atoms with Crippen LogP contribution in [0.15, 0.2) is 24.3 Å². The van der Waals surface area contributed by atoms with Crippen molar-refractivity contribution in [3.05, 3.63) is 29.5 Å². The van der Waals surface area contributed by atoms with Gasteiger partial charge in [0, 0.05) is 10.9 Å². The molecule has 0 bridgehead atoms. The van der Waals surface area contributed by atoms with E-state index in [2.05, 4.69) is 22.2 Å². The SMILES string of the molecule is CC1(Nc2nc(Cl)nc3ccccc23)CC1. The maximum atomic E-state index is 5.91. The molecule has 1 fully saturated rings. The highest BCUT2D eigenvalue weighted by Gasteiger charge is 2.37. The first-order chi connectivity index (χ1) is 7.66. The van der Waals surface area contributed by atoms with Crippen LogP contribution in [-0.4, -0.2) is 15.5 Å². The molecule has 0 radical (unpaired) electrons. The number of anilines is 1. The summed E-state index contributed by atoms with van der Waals surface area (Å²) in [6.07, 6.45) is 2.37. The van der Waals surface area contributed by atoms with Gasteiger partial charge in [-0.15, -0.1) is 0 Å². The van der Waals surface area contributed by atoms with Crippen LogP contribution in [0.4, 0.5) is 5.82 Å². The van der Waals surface area contributed by atoms with Crippen molar-refractivity contribution in [2.75, 3.05) is 5.32 Å². The molecule has 82 valence electrons. The Bertz CT molecular complexity index is 549. The van der Waals surface area contributed by atoms with Gasteiger partial charge >= 0.3 is 0 Å². The number of aromatic nitrogens is 2. The summed E-state index contributed by atoms with van der Waals surface area (Å²) in [5, 5.41) is 4.77. The molecule has 1 aromatic heterocycles. The van der Waals surface area contributed by atoms with Gasteiger partial charge in [-0.25, -0.2) is 9.97 Å². The molecule has 1 aliphatic rings. The highest BCUT2D eigenvalue weighted by Crippen LogP contribution is 2.39. The monoisotopic (exact) mass is 233 g/mol. The molecule has 4 heteroatoms. The Morgan fingerprint density at radius 1 is 1.25 bits per heavy atom. The fourth-order valence-corrected chi connectivity index (χ4v) is 1.92. The first-order valence-electron chi connectivity index (χ1n) is 5.37. The molecule has 1 aliphatic carbocycles. The van der Waals surface area contributed by atoms with Crippen LogP contribution in [0.5, 0.6) is 0 Å². The smallest absolute Gasteiger partial charge is 0.224 e. The van der Waals surface area contributed by atoms with E-state index < -0.39 is 0 Å². The van der Waals surface area contributed by atoms with Gasteiger partial charge in [-0.05, 0) is 43.5 Å². The molecule has 0 spiro atoms. The Kier molecular flexibility index (Phi) is 2.04. The van der Waals surface area contributed by atoms with Gasteiger partial charge in [-0.3, -0.25) is 0 Å². The third-order valence-corrected chi connectivity index (χ3v) is 3.17. The van der Waals surface area contributed by atoms with E-state index in [0.717, 1.165) is 16.7 Å². The number of fused-ring (bicyclic) bond motifs is 1. The maximum Gasteiger partial charge on any atom is 0.224 e. The Hall–Kier alpha value is -1.35. The van der Waals surface area contributed by atoms with Crippen molar-refractivity contribution in [3.63, 3.8) is 0 Å². The van der Waals surface area contributed by atoms with Crippen LogP contribution >= 0.6 is 11.6 Å². The first kappa shape index (κ1) is 9.85. The van der Waals surface area contributed by atoms with Crippen molar-refractivity contribution in [1.82, 2.24) is 9.97 Å². The zero-order valence-electron chi connectivity index (χ0n) is 9.00. The fourth-order valence-electron chi connectivity index (χ4n) is 1.74. The summed E-state index contributed by atoms with van der Waals surface area (Å²) in [6, 6.07) is 7.90. The van der Waals surface area contributed by atoms with Crippen LogP contribution in [0.1, 0.15) is 19.8 Å². The molecule has 3 rings (SSSR count). The van der Waals surface area contributed by atoms with Crippen LogP contribution in [0.3, 0.4) is 0 Å². The van der Waals surface area contributed by atoms with Crippen LogP contribution in [0.2, 0.25) is 5.28 Å². The van der Waals surface area contributed by atoms with Gasteiger partial charge in [0.05, 0.1) is 5.52 Å². The fraction of sp³-hybridized carbons (Fsp3) is 0.333. The molecule has 0 unspecified atom stereocenters. The number of rotatable bonds is 2. The number of halogens is 1. The molecule has 2 aromatic rings. The Morgan fingerprint density at radius 2 is 2.00 bits per heavy atom. The van der Waals surface area contributed by atoms with Crippen LogP contribution < -0.4 is 5.32 Å². The second-order valence-corrected chi connectivity index (χ2v) is 4.88. The lowest BCUT2D eigenvalue weighted by Gasteiger charge is -2.14. The second-order valence-electron chi connectivity index (χ2n) is 4.54. The lowest BCUT2D eigenvalue weighted by molar-refractivity contribution is 0.822. The largest absolute Gasteiger partial charge is 0.364 e. The van der Waals surface area contributed by atoms with Gasteiger partial charge in [0.1, 0.15) is 5.82 Å². The quantitative estimate of drug-likeness (QED) is 0.810. The summed E-state index contributed by atoms with van der Waals surface area (Å²) in [5.41, 5.74) is 1.08. The van der Waals surface area contributed by atoms with Gasteiger partial charge in [0.2, 0.25) is 5.28 Å². The van der Waals surface area contributed by atoms with E-state index in [0.29, 0.717) is 5.28 Å². The first-order valence-corrected chi connectivity index (χ1v) is 5.75. The second kappa shape index (κ2) is 3.32. The number of para-hydroxylation sites is 1. The highest BCUT2D eigenvalue weighted by molar-refractivity contribution is 6.28. The van der Waals surface area contributed by atoms with Crippen molar-refractivity contribution in [2.24, 2.45) is 0 Å². The minimum Gasteiger partial charge on any atom is -0.364 e. The molecule has 0 aliphatic heterocycles. The molecule has 0 saturated heterocycles. The van der Waals surface area contributed by atoms with Gasteiger partial charge in [-0.2, -0.15) is 0 Å². The minimum atomic E-state index is 0.195. The van der Waals surface area contributed by atoms with Gasteiger partial charge < -0.3 is 5.32 Å². The summed E-state index contributed by atoms with van der Waals surface area (Å²) in [7, 11) is 0.